The van der Waals surface area contributed by atoms with Crippen LogP contribution in [0.5, 0.6) is 5.75 Å². The number of fused-ring (bicyclic) bond motifs is 1. The van der Waals surface area contributed by atoms with Crippen LogP contribution in [0.4, 0.5) is 11.4 Å². The second-order valence-corrected chi connectivity index (χ2v) is 7.19. The zero-order valence-electron chi connectivity index (χ0n) is 16.1. The van der Waals surface area contributed by atoms with Gasteiger partial charge < -0.3 is 15.0 Å². The number of rotatable bonds is 5. The Hall–Kier alpha value is -3.08. The van der Waals surface area contributed by atoms with Crippen LogP contribution in [0.25, 0.3) is 0 Å². The van der Waals surface area contributed by atoms with Gasteiger partial charge in [0.2, 0.25) is 5.91 Å². The molecule has 2 aromatic rings. The van der Waals surface area contributed by atoms with Crippen LogP contribution in [0.3, 0.4) is 0 Å². The number of nitrogens with zero attached hydrogens (tertiary/aromatic N) is 1. The highest BCUT2D eigenvalue weighted by Gasteiger charge is 2.38. The van der Waals surface area contributed by atoms with Gasteiger partial charge in [0.1, 0.15) is 5.75 Å². The number of anilines is 2. The molecule has 0 spiro atoms. The smallest absolute Gasteiger partial charge is 0.221 e. The highest BCUT2D eigenvalue weighted by Crippen LogP contribution is 2.46. The average Bonchev–Trinajstić information content (AvgIpc) is 2.81. The monoisotopic (exact) mass is 364 g/mol. The molecule has 0 unspecified atom stereocenters. The lowest BCUT2D eigenvalue weighted by Gasteiger charge is -2.24. The minimum Gasteiger partial charge on any atom is -0.485 e. The molecule has 0 saturated heterocycles. The fourth-order valence-electron chi connectivity index (χ4n) is 3.47. The molecule has 0 atom stereocenters. The van der Waals surface area contributed by atoms with E-state index in [9.17, 15) is 9.59 Å². The Morgan fingerprint density at radius 1 is 1.15 bits per heavy atom. The van der Waals surface area contributed by atoms with Crippen molar-refractivity contribution in [2.75, 3.05) is 23.9 Å². The van der Waals surface area contributed by atoms with E-state index in [4.69, 9.17) is 4.74 Å². The number of para-hydroxylation sites is 1. The number of carbonyl (C=O) groups is 2. The highest BCUT2D eigenvalue weighted by atomic mass is 16.5. The number of allylic oxidation sites excluding steroid dienone is 1. The van der Waals surface area contributed by atoms with Gasteiger partial charge in [-0.1, -0.05) is 38.1 Å². The Kier molecular flexibility index (Phi) is 5.04. The molecule has 5 heteroatoms. The van der Waals surface area contributed by atoms with E-state index >= 15 is 0 Å². The summed E-state index contributed by atoms with van der Waals surface area (Å²) in [5, 5.41) is 2.70. The number of nitrogens with one attached hydrogen (secondary N) is 1. The first-order valence-electron chi connectivity index (χ1n) is 8.88. The second-order valence-electron chi connectivity index (χ2n) is 7.19. The standard InChI is InChI=1S/C22H24N2O3/c1-15(25)23-16-8-7-9-18(12-16)27-14-17(26)13-21-22(2,3)19-10-5-6-11-20(19)24(21)4/h5-13H,14H2,1-4H3,(H,23,25)/b21-13-. The van der Waals surface area contributed by atoms with Crippen LogP contribution in [-0.2, 0) is 15.0 Å². The van der Waals surface area contributed by atoms with E-state index in [0.29, 0.717) is 11.4 Å². The third-order valence-corrected chi connectivity index (χ3v) is 4.77. The number of hydrogen-bond acceptors (Lipinski definition) is 4. The van der Waals surface area contributed by atoms with Crippen LogP contribution >= 0.6 is 0 Å². The summed E-state index contributed by atoms with van der Waals surface area (Å²) in [6.45, 7) is 5.62. The lowest BCUT2D eigenvalue weighted by molar-refractivity contribution is -0.116. The molecule has 0 fully saturated rings. The summed E-state index contributed by atoms with van der Waals surface area (Å²) < 4.78 is 5.62. The molecule has 5 nitrogen and oxygen atoms in total. The van der Waals surface area contributed by atoms with Crippen LogP contribution in [0.2, 0.25) is 0 Å². The maximum Gasteiger partial charge on any atom is 0.221 e. The van der Waals surface area contributed by atoms with Gasteiger partial charge in [0.25, 0.3) is 0 Å². The minimum absolute atomic E-state index is 0.0622. The molecule has 0 radical (unpaired) electrons. The fourth-order valence-corrected chi connectivity index (χ4v) is 3.47. The van der Waals surface area contributed by atoms with Gasteiger partial charge in [-0.3, -0.25) is 9.59 Å². The van der Waals surface area contributed by atoms with E-state index in [1.165, 1.54) is 12.5 Å². The first kappa shape index (κ1) is 18.7. The summed E-state index contributed by atoms with van der Waals surface area (Å²) >= 11 is 0. The third kappa shape index (κ3) is 3.87. The SMILES string of the molecule is CC(=O)Nc1cccc(OCC(=O)/C=C2\N(C)c3ccccc3C2(C)C)c1. The number of carbonyl (C=O) groups excluding carboxylic acids is 2. The Balaban J connectivity index is 1.72. The molecule has 1 aliphatic heterocycles. The van der Waals surface area contributed by atoms with Gasteiger partial charge in [-0.15, -0.1) is 0 Å². The van der Waals surface area contributed by atoms with E-state index in [1.807, 2.05) is 19.2 Å². The molecule has 3 rings (SSSR count). The fraction of sp³-hybridized carbons (Fsp3) is 0.273. The number of ether oxygens (including phenoxy) is 1. The summed E-state index contributed by atoms with van der Waals surface area (Å²) in [5.74, 6) is 0.275. The normalized spacial score (nSPS) is 16.1. The van der Waals surface area contributed by atoms with Crippen molar-refractivity contribution in [1.29, 1.82) is 0 Å². The molecule has 1 heterocycles. The molecule has 1 N–H and O–H groups in total. The van der Waals surface area contributed by atoms with Crippen LogP contribution in [0.1, 0.15) is 26.3 Å². The summed E-state index contributed by atoms with van der Waals surface area (Å²) in [4.78, 5) is 25.7. The Bertz CT molecular complexity index is 915. The number of ketones is 1. The predicted octanol–water partition coefficient (Wildman–Crippen LogP) is 3.90. The van der Waals surface area contributed by atoms with Gasteiger partial charge in [-0.05, 0) is 23.8 Å². The molecule has 140 valence electrons. The molecule has 1 aliphatic rings. The average molecular weight is 364 g/mol. The van der Waals surface area contributed by atoms with Gasteiger partial charge in [0.05, 0.1) is 0 Å². The van der Waals surface area contributed by atoms with Gasteiger partial charge >= 0.3 is 0 Å². The lowest BCUT2D eigenvalue weighted by Crippen LogP contribution is -2.25. The van der Waals surface area contributed by atoms with Crippen LogP contribution in [0, 0.1) is 0 Å². The Morgan fingerprint density at radius 2 is 1.89 bits per heavy atom. The van der Waals surface area contributed by atoms with Crippen molar-refractivity contribution in [2.24, 2.45) is 0 Å². The van der Waals surface area contributed by atoms with Crippen LogP contribution < -0.4 is 15.0 Å². The number of likely N-dealkylation sites (N-methyl/N-ethyl adjacent to an activating group) is 1. The van der Waals surface area contributed by atoms with Crippen molar-refractivity contribution in [2.45, 2.75) is 26.2 Å². The van der Waals surface area contributed by atoms with Crippen molar-refractivity contribution in [3.63, 3.8) is 0 Å². The molecule has 0 aromatic heterocycles. The minimum atomic E-state index is -0.244. The van der Waals surface area contributed by atoms with E-state index in [1.54, 1.807) is 30.3 Å². The van der Waals surface area contributed by atoms with Crippen molar-refractivity contribution < 1.29 is 14.3 Å². The van der Waals surface area contributed by atoms with Crippen LogP contribution in [0.15, 0.2) is 60.3 Å². The topological polar surface area (TPSA) is 58.6 Å². The first-order valence-corrected chi connectivity index (χ1v) is 8.88. The molecule has 27 heavy (non-hydrogen) atoms. The second kappa shape index (κ2) is 7.27. The van der Waals surface area contributed by atoms with Crippen LogP contribution in [-0.4, -0.2) is 25.3 Å². The molecule has 2 aromatic carbocycles. The van der Waals surface area contributed by atoms with Gasteiger partial charge in [-0.25, -0.2) is 0 Å². The van der Waals surface area contributed by atoms with Crippen molar-refractivity contribution in [3.05, 3.63) is 65.9 Å². The number of hydrogen-bond donors (Lipinski definition) is 1. The third-order valence-electron chi connectivity index (χ3n) is 4.77. The molecular weight excluding hydrogens is 340 g/mol. The van der Waals surface area contributed by atoms with Crippen molar-refractivity contribution in [3.8, 4) is 5.75 Å². The molecule has 0 aliphatic carbocycles. The van der Waals surface area contributed by atoms with Crippen molar-refractivity contribution in [1.82, 2.24) is 0 Å². The van der Waals surface area contributed by atoms with E-state index < -0.39 is 0 Å². The maximum atomic E-state index is 12.5. The molecule has 1 amide bonds. The molecule has 0 saturated carbocycles. The van der Waals surface area contributed by atoms with E-state index in [-0.39, 0.29) is 23.7 Å². The van der Waals surface area contributed by atoms with Gasteiger partial charge in [0, 0.05) is 48.6 Å². The molecular formula is C22H24N2O3. The summed E-state index contributed by atoms with van der Waals surface area (Å²) in [5.41, 5.74) is 3.66. The maximum absolute atomic E-state index is 12.5. The van der Waals surface area contributed by atoms with E-state index in [2.05, 4.69) is 36.2 Å². The number of benzene rings is 2. The molecule has 0 bridgehead atoms. The zero-order valence-corrected chi connectivity index (χ0v) is 16.1. The van der Waals surface area contributed by atoms with Crippen molar-refractivity contribution >= 4 is 23.1 Å². The number of amides is 1. The quantitative estimate of drug-likeness (QED) is 0.818. The highest BCUT2D eigenvalue weighted by molar-refractivity contribution is 5.93. The summed E-state index contributed by atoms with van der Waals surface area (Å²) in [6, 6.07) is 15.2. The van der Waals surface area contributed by atoms with Gasteiger partial charge in [0.15, 0.2) is 12.4 Å². The summed E-state index contributed by atoms with van der Waals surface area (Å²) in [7, 11) is 1.98. The first-order chi connectivity index (χ1) is 12.8. The lowest BCUT2D eigenvalue weighted by atomic mass is 9.83. The largest absolute Gasteiger partial charge is 0.485 e. The zero-order chi connectivity index (χ0) is 19.6. The Labute approximate surface area is 159 Å². The van der Waals surface area contributed by atoms with E-state index in [0.717, 1.165) is 11.4 Å². The predicted molar refractivity (Wildman–Crippen MR) is 107 cm³/mol. The summed E-state index contributed by atoms with van der Waals surface area (Å²) in [6.07, 6.45) is 1.66. The Morgan fingerprint density at radius 3 is 2.59 bits per heavy atom. The van der Waals surface area contributed by atoms with Gasteiger partial charge in [-0.2, -0.15) is 0 Å².